The second-order valence-electron chi connectivity index (χ2n) is 5.69. The number of carbonyl (C=O) groups excluding carboxylic acids is 1. The van der Waals surface area contributed by atoms with Crippen molar-refractivity contribution in [1.82, 2.24) is 15.2 Å². The minimum atomic E-state index is 0.0318. The van der Waals surface area contributed by atoms with Crippen LogP contribution in [0, 0.1) is 0 Å². The maximum atomic E-state index is 12.4. The summed E-state index contributed by atoms with van der Waals surface area (Å²) < 4.78 is 0. The number of nitrogens with one attached hydrogen (secondary N) is 1. The van der Waals surface area contributed by atoms with Crippen LogP contribution in [-0.4, -0.2) is 42.0 Å². The van der Waals surface area contributed by atoms with Crippen molar-refractivity contribution in [3.05, 3.63) is 23.4 Å². The number of hydrogen-bond donors (Lipinski definition) is 2. The zero-order valence-corrected chi connectivity index (χ0v) is 11.8. The van der Waals surface area contributed by atoms with E-state index in [2.05, 4.69) is 10.3 Å². The van der Waals surface area contributed by atoms with Crippen LogP contribution in [0.15, 0.2) is 12.1 Å². The number of carbonyl (C=O) groups is 1. The highest BCUT2D eigenvalue weighted by Gasteiger charge is 2.23. The van der Waals surface area contributed by atoms with Gasteiger partial charge in [0, 0.05) is 24.7 Å². The molecule has 3 rings (SSSR count). The Morgan fingerprint density at radius 2 is 1.95 bits per heavy atom. The second-order valence-corrected chi connectivity index (χ2v) is 5.69. The molecule has 1 aromatic heterocycles. The lowest BCUT2D eigenvalue weighted by Crippen LogP contribution is -2.29. The number of likely N-dealkylation sites (tertiary alicyclic amines) is 1. The number of piperidine rings is 1. The molecule has 1 aromatic rings. The Labute approximate surface area is 119 Å². The van der Waals surface area contributed by atoms with Gasteiger partial charge in [-0.2, -0.15) is 0 Å². The van der Waals surface area contributed by atoms with Crippen LogP contribution in [0.25, 0.3) is 0 Å². The number of aromatic nitrogens is 1. The Hall–Kier alpha value is -1.62. The smallest absolute Gasteiger partial charge is 0.257 e. The van der Waals surface area contributed by atoms with E-state index < -0.39 is 0 Å². The Morgan fingerprint density at radius 3 is 2.60 bits per heavy atom. The van der Waals surface area contributed by atoms with Crippen LogP contribution < -0.4 is 11.1 Å². The molecule has 0 unspecified atom stereocenters. The van der Waals surface area contributed by atoms with Crippen LogP contribution >= 0.6 is 0 Å². The van der Waals surface area contributed by atoms with Gasteiger partial charge in [-0.25, -0.2) is 4.98 Å². The van der Waals surface area contributed by atoms with E-state index in [1.54, 1.807) is 0 Å². The van der Waals surface area contributed by atoms with E-state index in [1.165, 1.54) is 0 Å². The molecule has 0 radical (unpaired) electrons. The Balaban J connectivity index is 1.78. The van der Waals surface area contributed by atoms with Gasteiger partial charge in [0.2, 0.25) is 0 Å². The number of nitrogens with two attached hydrogens (primary N) is 1. The summed E-state index contributed by atoms with van der Waals surface area (Å²) >= 11 is 0. The molecule has 0 atom stereocenters. The second kappa shape index (κ2) is 5.79. The Bertz CT molecular complexity index is 491. The van der Waals surface area contributed by atoms with Crippen LogP contribution in [0.3, 0.4) is 0 Å². The lowest BCUT2D eigenvalue weighted by Gasteiger charge is -2.23. The first-order chi connectivity index (χ1) is 9.75. The molecule has 2 aliphatic rings. The maximum Gasteiger partial charge on any atom is 0.257 e. The molecule has 2 saturated heterocycles. The fourth-order valence-corrected chi connectivity index (χ4v) is 3.11. The monoisotopic (exact) mass is 274 g/mol. The van der Waals surface area contributed by atoms with Crippen molar-refractivity contribution >= 4 is 11.7 Å². The van der Waals surface area contributed by atoms with Crippen LogP contribution in [0.1, 0.15) is 47.7 Å². The molecule has 0 aliphatic carbocycles. The fourth-order valence-electron chi connectivity index (χ4n) is 3.11. The third kappa shape index (κ3) is 2.63. The molecule has 0 bridgehead atoms. The molecule has 20 heavy (non-hydrogen) atoms. The number of rotatable bonds is 2. The van der Waals surface area contributed by atoms with E-state index in [9.17, 15) is 4.79 Å². The van der Waals surface area contributed by atoms with E-state index in [0.29, 0.717) is 17.3 Å². The van der Waals surface area contributed by atoms with Gasteiger partial charge < -0.3 is 16.0 Å². The summed E-state index contributed by atoms with van der Waals surface area (Å²) in [5.74, 6) is 0.886. The van der Waals surface area contributed by atoms with Crippen molar-refractivity contribution < 1.29 is 4.79 Å². The zero-order valence-electron chi connectivity index (χ0n) is 11.8. The lowest BCUT2D eigenvalue weighted by atomic mass is 9.94. The van der Waals surface area contributed by atoms with Crippen LogP contribution in [0.4, 0.5) is 5.82 Å². The highest BCUT2D eigenvalue weighted by molar-refractivity contribution is 5.98. The highest BCUT2D eigenvalue weighted by atomic mass is 16.2. The van der Waals surface area contributed by atoms with E-state index in [0.717, 1.165) is 57.6 Å². The number of amides is 1. The largest absolute Gasteiger partial charge is 0.383 e. The van der Waals surface area contributed by atoms with Crippen molar-refractivity contribution in [2.45, 2.75) is 31.6 Å². The first kappa shape index (κ1) is 13.4. The number of nitrogens with zero attached hydrogens (tertiary/aromatic N) is 2. The summed E-state index contributed by atoms with van der Waals surface area (Å²) in [6, 6.07) is 3.84. The summed E-state index contributed by atoms with van der Waals surface area (Å²) in [4.78, 5) is 18.7. The van der Waals surface area contributed by atoms with Gasteiger partial charge in [-0.15, -0.1) is 0 Å². The quantitative estimate of drug-likeness (QED) is 0.854. The molecule has 108 valence electrons. The molecule has 3 N–H and O–H groups in total. The van der Waals surface area contributed by atoms with Gasteiger partial charge in [0.05, 0.1) is 5.56 Å². The highest BCUT2D eigenvalue weighted by Crippen LogP contribution is 2.26. The SMILES string of the molecule is Nc1nc(C2CCNCC2)ccc1C(=O)N1CCCC1. The molecule has 5 nitrogen and oxygen atoms in total. The van der Waals surface area contributed by atoms with Crippen molar-refractivity contribution in [2.24, 2.45) is 0 Å². The average molecular weight is 274 g/mol. The molecule has 2 aliphatic heterocycles. The number of anilines is 1. The first-order valence-electron chi connectivity index (χ1n) is 7.52. The molecule has 3 heterocycles. The molecule has 5 heteroatoms. The normalized spacial score (nSPS) is 20.3. The van der Waals surface area contributed by atoms with E-state index >= 15 is 0 Å². The van der Waals surface area contributed by atoms with E-state index in [1.807, 2.05) is 17.0 Å². The Kier molecular flexibility index (Phi) is 3.87. The summed E-state index contributed by atoms with van der Waals surface area (Å²) in [6.45, 7) is 3.74. The van der Waals surface area contributed by atoms with E-state index in [-0.39, 0.29) is 5.91 Å². The standard InChI is InChI=1S/C15H22N4O/c16-14-12(15(20)19-9-1-2-10-19)3-4-13(18-14)11-5-7-17-8-6-11/h3-4,11,17H,1-2,5-10H2,(H2,16,18). The number of nitrogen functional groups attached to an aromatic ring is 1. The van der Waals surface area contributed by atoms with E-state index in [4.69, 9.17) is 5.73 Å². The first-order valence-corrected chi connectivity index (χ1v) is 7.52. The average Bonchev–Trinajstić information content (AvgIpc) is 3.01. The van der Waals surface area contributed by atoms with Crippen molar-refractivity contribution in [3.63, 3.8) is 0 Å². The minimum absolute atomic E-state index is 0.0318. The Morgan fingerprint density at radius 1 is 1.25 bits per heavy atom. The summed E-state index contributed by atoms with van der Waals surface area (Å²) in [5.41, 5.74) is 7.61. The molecule has 0 spiro atoms. The van der Waals surface area contributed by atoms with Gasteiger partial charge in [0.1, 0.15) is 5.82 Å². The third-order valence-corrected chi connectivity index (χ3v) is 4.33. The predicted molar refractivity (Wildman–Crippen MR) is 78.6 cm³/mol. The summed E-state index contributed by atoms with van der Waals surface area (Å²) in [6.07, 6.45) is 4.36. The molecule has 0 saturated carbocycles. The molecular formula is C15H22N4O. The molecule has 1 amide bonds. The topological polar surface area (TPSA) is 71.2 Å². The predicted octanol–water partition coefficient (Wildman–Crippen LogP) is 1.37. The van der Waals surface area contributed by atoms with Gasteiger partial charge >= 0.3 is 0 Å². The summed E-state index contributed by atoms with van der Waals surface area (Å²) in [7, 11) is 0. The van der Waals surface area contributed by atoms with Gasteiger partial charge in [-0.1, -0.05) is 0 Å². The number of hydrogen-bond acceptors (Lipinski definition) is 4. The maximum absolute atomic E-state index is 12.4. The van der Waals surface area contributed by atoms with Crippen LogP contribution in [-0.2, 0) is 0 Å². The van der Waals surface area contributed by atoms with Gasteiger partial charge in [0.15, 0.2) is 0 Å². The number of pyridine rings is 1. The zero-order chi connectivity index (χ0) is 13.9. The molecular weight excluding hydrogens is 252 g/mol. The van der Waals surface area contributed by atoms with Gasteiger partial charge in [-0.05, 0) is 50.9 Å². The molecule has 2 fully saturated rings. The minimum Gasteiger partial charge on any atom is -0.383 e. The van der Waals surface area contributed by atoms with Crippen molar-refractivity contribution in [1.29, 1.82) is 0 Å². The van der Waals surface area contributed by atoms with Crippen molar-refractivity contribution in [3.8, 4) is 0 Å². The third-order valence-electron chi connectivity index (χ3n) is 4.33. The summed E-state index contributed by atoms with van der Waals surface area (Å²) in [5, 5.41) is 3.35. The van der Waals surface area contributed by atoms with Crippen molar-refractivity contribution in [2.75, 3.05) is 31.9 Å². The fraction of sp³-hybridized carbons (Fsp3) is 0.600. The molecule has 0 aromatic carbocycles. The van der Waals surface area contributed by atoms with Gasteiger partial charge in [-0.3, -0.25) is 4.79 Å². The lowest BCUT2D eigenvalue weighted by molar-refractivity contribution is 0.0793. The van der Waals surface area contributed by atoms with Crippen LogP contribution in [0.2, 0.25) is 0 Å². The van der Waals surface area contributed by atoms with Gasteiger partial charge in [0.25, 0.3) is 5.91 Å². The van der Waals surface area contributed by atoms with Crippen LogP contribution in [0.5, 0.6) is 0 Å².